The first kappa shape index (κ1) is 11.7. The molecule has 0 bridgehead atoms. The van der Waals surface area contributed by atoms with E-state index >= 15 is 0 Å². The van der Waals surface area contributed by atoms with E-state index in [4.69, 9.17) is 5.73 Å². The van der Waals surface area contributed by atoms with Gasteiger partial charge in [0.05, 0.1) is 6.10 Å². The highest BCUT2D eigenvalue weighted by atomic mass is 16.3. The number of aliphatic hydroxyl groups is 1. The normalized spacial score (nSPS) is 14.8. The maximum Gasteiger partial charge on any atom is 0.203 e. The summed E-state index contributed by atoms with van der Waals surface area (Å²) in [5, 5.41) is 20.4. The Morgan fingerprint density at radius 1 is 1.53 bits per heavy atom. The van der Waals surface area contributed by atoms with Crippen LogP contribution in [0.15, 0.2) is 12.4 Å². The zero-order valence-electron chi connectivity index (χ0n) is 9.83. The van der Waals surface area contributed by atoms with Gasteiger partial charge in [-0.15, -0.1) is 10.2 Å². The molecule has 0 aliphatic heterocycles. The largest absolute Gasteiger partial charge is 0.392 e. The molecule has 4 N–H and O–H groups in total. The quantitative estimate of drug-likeness (QED) is 0.665. The van der Waals surface area contributed by atoms with Crippen molar-refractivity contribution in [3.05, 3.63) is 18.2 Å². The van der Waals surface area contributed by atoms with Crippen molar-refractivity contribution < 1.29 is 5.11 Å². The van der Waals surface area contributed by atoms with Crippen molar-refractivity contribution in [2.24, 2.45) is 5.73 Å². The van der Waals surface area contributed by atoms with Crippen LogP contribution < -0.4 is 11.1 Å². The van der Waals surface area contributed by atoms with Crippen LogP contribution in [-0.2, 0) is 0 Å². The summed E-state index contributed by atoms with van der Waals surface area (Å²) in [6.07, 6.45) is 2.89. The van der Waals surface area contributed by atoms with Crippen molar-refractivity contribution in [3.8, 4) is 0 Å². The molecular formula is C10H16N6O. The molecular weight excluding hydrogens is 220 g/mol. The molecule has 0 amide bonds. The topological polar surface area (TPSA) is 101 Å². The van der Waals surface area contributed by atoms with Crippen LogP contribution in [0.1, 0.15) is 12.7 Å². The number of anilines is 1. The minimum absolute atomic E-state index is 0.346. The third-order valence-corrected chi connectivity index (χ3v) is 2.62. The highest BCUT2D eigenvalue weighted by Gasteiger charge is 2.11. The highest BCUT2D eigenvalue weighted by molar-refractivity contribution is 5.61. The highest BCUT2D eigenvalue weighted by Crippen LogP contribution is 2.11. The third-order valence-electron chi connectivity index (χ3n) is 2.62. The van der Waals surface area contributed by atoms with Gasteiger partial charge in [-0.2, -0.15) is 0 Å². The van der Waals surface area contributed by atoms with Crippen molar-refractivity contribution >= 4 is 11.5 Å². The molecule has 0 radical (unpaired) electrons. The first-order valence-corrected chi connectivity index (χ1v) is 5.43. The molecule has 2 heterocycles. The number of nitrogens with two attached hydrogens (primary N) is 1. The molecule has 2 aromatic heterocycles. The zero-order valence-corrected chi connectivity index (χ0v) is 9.83. The Hall–Kier alpha value is -1.73. The van der Waals surface area contributed by atoms with E-state index in [0.717, 1.165) is 5.82 Å². The second-order valence-electron chi connectivity index (χ2n) is 4.00. The zero-order chi connectivity index (χ0) is 12.4. The fourth-order valence-corrected chi connectivity index (χ4v) is 1.45. The van der Waals surface area contributed by atoms with Gasteiger partial charge in [0, 0.05) is 25.0 Å². The van der Waals surface area contributed by atoms with E-state index in [2.05, 4.69) is 20.5 Å². The molecule has 0 aliphatic rings. The van der Waals surface area contributed by atoms with Crippen molar-refractivity contribution in [2.75, 3.05) is 11.9 Å². The second-order valence-corrected chi connectivity index (χ2v) is 4.00. The number of aliphatic hydroxyl groups excluding tert-OH is 1. The summed E-state index contributed by atoms with van der Waals surface area (Å²) < 4.78 is 1.84. The van der Waals surface area contributed by atoms with Crippen molar-refractivity contribution in [3.63, 3.8) is 0 Å². The minimum Gasteiger partial charge on any atom is -0.392 e. The lowest BCUT2D eigenvalue weighted by Gasteiger charge is -2.15. The monoisotopic (exact) mass is 236 g/mol. The van der Waals surface area contributed by atoms with Crippen LogP contribution >= 0.6 is 0 Å². The van der Waals surface area contributed by atoms with E-state index in [1.807, 2.05) is 11.3 Å². The number of aryl methyl sites for hydroxylation is 1. The molecule has 7 nitrogen and oxygen atoms in total. The molecule has 2 unspecified atom stereocenters. The fraction of sp³-hybridized carbons (Fsp3) is 0.500. The Kier molecular flexibility index (Phi) is 3.21. The van der Waals surface area contributed by atoms with Crippen LogP contribution in [0.25, 0.3) is 5.65 Å². The van der Waals surface area contributed by atoms with E-state index in [-0.39, 0.29) is 6.04 Å². The average molecular weight is 236 g/mol. The first-order chi connectivity index (χ1) is 8.09. The maximum atomic E-state index is 9.30. The lowest BCUT2D eigenvalue weighted by molar-refractivity contribution is 0.168. The Bertz CT molecular complexity index is 508. The van der Waals surface area contributed by atoms with E-state index in [0.29, 0.717) is 18.0 Å². The van der Waals surface area contributed by atoms with Gasteiger partial charge in [-0.3, -0.25) is 4.40 Å². The summed E-state index contributed by atoms with van der Waals surface area (Å²) in [5.41, 5.74) is 6.39. The predicted octanol–water partition coefficient (Wildman–Crippen LogP) is -0.447. The van der Waals surface area contributed by atoms with Gasteiger partial charge in [-0.1, -0.05) is 0 Å². The van der Waals surface area contributed by atoms with Crippen molar-refractivity contribution in [1.29, 1.82) is 0 Å². The van der Waals surface area contributed by atoms with Crippen LogP contribution in [0.3, 0.4) is 0 Å². The molecule has 0 spiro atoms. The predicted molar refractivity (Wildman–Crippen MR) is 63.7 cm³/mol. The molecule has 7 heteroatoms. The molecule has 0 fully saturated rings. The van der Waals surface area contributed by atoms with E-state index in [1.165, 1.54) is 0 Å². The van der Waals surface area contributed by atoms with Gasteiger partial charge in [-0.25, -0.2) is 4.98 Å². The Morgan fingerprint density at radius 2 is 2.29 bits per heavy atom. The SMILES string of the molecule is Cc1nnc2c(NCC(N)C(C)O)nccn12. The number of rotatable bonds is 4. The number of fused-ring (bicyclic) bond motifs is 1. The summed E-state index contributed by atoms with van der Waals surface area (Å²) in [6.45, 7) is 3.95. The van der Waals surface area contributed by atoms with Crippen LogP contribution in [0, 0.1) is 6.92 Å². The van der Waals surface area contributed by atoms with Crippen molar-refractivity contribution in [2.45, 2.75) is 26.0 Å². The van der Waals surface area contributed by atoms with Gasteiger partial charge in [0.25, 0.3) is 0 Å². The maximum absolute atomic E-state index is 9.30. The molecule has 92 valence electrons. The van der Waals surface area contributed by atoms with Crippen LogP contribution in [-0.4, -0.2) is 43.4 Å². The molecule has 2 atom stereocenters. The Balaban J connectivity index is 2.19. The van der Waals surface area contributed by atoms with Crippen LogP contribution in [0.5, 0.6) is 0 Å². The smallest absolute Gasteiger partial charge is 0.203 e. The average Bonchev–Trinajstić information content (AvgIpc) is 2.69. The van der Waals surface area contributed by atoms with Gasteiger partial charge in [-0.05, 0) is 13.8 Å². The molecule has 0 saturated carbocycles. The van der Waals surface area contributed by atoms with E-state index < -0.39 is 6.10 Å². The van der Waals surface area contributed by atoms with Crippen molar-refractivity contribution in [1.82, 2.24) is 19.6 Å². The number of nitrogens with one attached hydrogen (secondary N) is 1. The molecule has 2 rings (SSSR count). The van der Waals surface area contributed by atoms with E-state index in [9.17, 15) is 5.11 Å². The van der Waals surface area contributed by atoms with Gasteiger partial charge in [0.1, 0.15) is 5.82 Å². The Morgan fingerprint density at radius 3 is 3.00 bits per heavy atom. The number of aromatic nitrogens is 4. The number of nitrogens with zero attached hydrogens (tertiary/aromatic N) is 4. The molecule has 0 aromatic carbocycles. The first-order valence-electron chi connectivity index (χ1n) is 5.43. The summed E-state index contributed by atoms with van der Waals surface area (Å²) in [4.78, 5) is 4.18. The third kappa shape index (κ3) is 2.34. The van der Waals surface area contributed by atoms with E-state index in [1.54, 1.807) is 19.3 Å². The molecule has 2 aromatic rings. The molecule has 0 saturated heterocycles. The molecule has 17 heavy (non-hydrogen) atoms. The lowest BCUT2D eigenvalue weighted by Crippen LogP contribution is -2.38. The Labute approximate surface area is 98.7 Å². The van der Waals surface area contributed by atoms with Gasteiger partial charge < -0.3 is 16.2 Å². The summed E-state index contributed by atoms with van der Waals surface area (Å²) in [7, 11) is 0. The van der Waals surface area contributed by atoms with Gasteiger partial charge in [0.15, 0.2) is 5.82 Å². The van der Waals surface area contributed by atoms with Gasteiger partial charge >= 0.3 is 0 Å². The van der Waals surface area contributed by atoms with Crippen LogP contribution in [0.2, 0.25) is 0 Å². The summed E-state index contributed by atoms with van der Waals surface area (Å²) in [6, 6.07) is -0.346. The summed E-state index contributed by atoms with van der Waals surface area (Å²) in [5.74, 6) is 1.41. The number of hydrogen-bond donors (Lipinski definition) is 3. The van der Waals surface area contributed by atoms with Gasteiger partial charge in [0.2, 0.25) is 5.65 Å². The standard InChI is InChI=1S/C10H16N6O/c1-6(17)8(11)5-13-9-10-15-14-7(2)16(10)4-3-12-9/h3-4,6,8,17H,5,11H2,1-2H3,(H,12,13). The lowest BCUT2D eigenvalue weighted by atomic mass is 10.2. The van der Waals surface area contributed by atoms with Crippen LogP contribution in [0.4, 0.5) is 5.82 Å². The summed E-state index contributed by atoms with van der Waals surface area (Å²) >= 11 is 0. The number of hydrogen-bond acceptors (Lipinski definition) is 6. The second kappa shape index (κ2) is 4.64. The fourth-order valence-electron chi connectivity index (χ4n) is 1.45. The minimum atomic E-state index is -0.568. The molecule has 0 aliphatic carbocycles.